The molecular weight excluding hydrogens is 530 g/mol. The van der Waals surface area contributed by atoms with Gasteiger partial charge in [0.25, 0.3) is 0 Å². The summed E-state index contributed by atoms with van der Waals surface area (Å²) < 4.78 is 21.2. The van der Waals surface area contributed by atoms with Crippen molar-refractivity contribution in [1.82, 2.24) is 14.7 Å². The van der Waals surface area contributed by atoms with Crippen molar-refractivity contribution in [3.05, 3.63) is 11.3 Å². The van der Waals surface area contributed by atoms with Gasteiger partial charge >= 0.3 is 207 Å². The molecule has 6 atom stereocenters. The Hall–Kier alpha value is -1.42. The Morgan fingerprint density at radius 2 is 1.88 bits per heavy atom. The molecule has 0 radical (unpaired) electrons. The van der Waals surface area contributed by atoms with Crippen LogP contribution in [0.15, 0.2) is 11.3 Å². The molecule has 1 saturated heterocycles. The van der Waals surface area contributed by atoms with Crippen molar-refractivity contribution in [3.63, 3.8) is 0 Å². The van der Waals surface area contributed by atoms with Crippen LogP contribution in [0.2, 0.25) is 0 Å². The number of halogens is 1. The maximum atomic E-state index is 15.3. The zero-order valence-corrected chi connectivity index (χ0v) is 23.8. The summed E-state index contributed by atoms with van der Waals surface area (Å²) in [6, 6.07) is -0.214. The third kappa shape index (κ3) is 4.88. The number of carbonyl (C=O) groups excluding carboxylic acids is 3. The van der Waals surface area contributed by atoms with Gasteiger partial charge in [0, 0.05) is 0 Å². The van der Waals surface area contributed by atoms with Crippen LogP contribution in [0.4, 0.5) is 4.39 Å². The van der Waals surface area contributed by atoms with Crippen molar-refractivity contribution < 1.29 is 23.5 Å². The molecule has 3 rings (SSSR count). The van der Waals surface area contributed by atoms with Crippen LogP contribution in [-0.2, 0) is 19.1 Å². The number of ether oxygens (including phenoxy) is 1. The molecule has 10 heteroatoms. The summed E-state index contributed by atoms with van der Waals surface area (Å²) in [5, 5.41) is 0. The summed E-state index contributed by atoms with van der Waals surface area (Å²) >= 11 is -1.79. The Morgan fingerprint density at radius 3 is 2.42 bits per heavy atom. The normalized spacial score (nSPS) is 33.5. The van der Waals surface area contributed by atoms with E-state index < -0.39 is 58.2 Å². The average molecular weight is 566 g/mol. The van der Waals surface area contributed by atoms with Crippen molar-refractivity contribution >= 4 is 43.5 Å². The van der Waals surface area contributed by atoms with E-state index in [1.54, 1.807) is 14.1 Å². The van der Waals surface area contributed by atoms with Gasteiger partial charge in [-0.05, 0) is 0 Å². The number of likely N-dealkylation sites (tertiary alicyclic amines) is 1. The molecule has 3 aliphatic rings. The molecule has 8 nitrogen and oxygen atoms in total. The van der Waals surface area contributed by atoms with Crippen LogP contribution in [0.3, 0.4) is 0 Å². The number of carbonyl (C=O) groups is 3. The molecule has 0 aromatic carbocycles. The van der Waals surface area contributed by atoms with E-state index >= 15 is 4.39 Å². The summed E-state index contributed by atoms with van der Waals surface area (Å²) in [7, 11) is 3.18. The molecule has 2 N–H and O–H groups in total. The molecule has 0 aromatic heterocycles. The predicted octanol–water partition coefficient (Wildman–Crippen LogP) is 0.230. The van der Waals surface area contributed by atoms with Gasteiger partial charge in [-0.3, -0.25) is 0 Å². The Labute approximate surface area is 206 Å². The van der Waals surface area contributed by atoms with Crippen molar-refractivity contribution in [2.75, 3.05) is 40.3 Å². The summed E-state index contributed by atoms with van der Waals surface area (Å²) in [5.41, 5.74) is 7.04. The minimum atomic E-state index is -1.79. The quantitative estimate of drug-likeness (QED) is 0.351. The fraction of sp³-hybridized carbons (Fsp3) is 0.739. The number of primary amides is 1. The van der Waals surface area contributed by atoms with Gasteiger partial charge < -0.3 is 0 Å². The standard InChI is InChI=1S/C23H36FN4O4.In/c1-7-27(8-2)10-11-28-15(4)18(21(25)29)14(3)20(28)17-13-16(24)9-12-32-23(31)19(17)22(30)26(5)6;/h12,14-16,18-19H,7-11H2,1-6H3,(H2,25,29);/b20-17+;. The second-order valence-electron chi connectivity index (χ2n) is 9.44. The molecule has 6 unspecified atom stereocenters. The minimum absolute atomic E-state index is 0.185. The molecule has 0 aliphatic carbocycles. The van der Waals surface area contributed by atoms with Crippen LogP contribution < -0.4 is 5.73 Å². The SMILES string of the molecule is CCN(CC)CCN1/C(=C2\[C]3=[In][CH](CC3F)OC(=O)C2C(=O)N(C)C)C(C)C(C(N)=O)C1C. The summed E-state index contributed by atoms with van der Waals surface area (Å²) in [4.78, 5) is 44.6. The number of alkyl halides is 1. The average Bonchev–Trinajstić information content (AvgIpc) is 3.16. The van der Waals surface area contributed by atoms with Gasteiger partial charge in [0.05, 0.1) is 0 Å². The first-order chi connectivity index (χ1) is 15.5. The molecule has 3 aliphatic heterocycles. The predicted molar refractivity (Wildman–Crippen MR) is 125 cm³/mol. The number of amides is 2. The molecule has 3 heterocycles. The van der Waals surface area contributed by atoms with Gasteiger partial charge in [0.1, 0.15) is 0 Å². The summed E-state index contributed by atoms with van der Waals surface area (Å²) in [6.07, 6.45) is -1.02. The van der Waals surface area contributed by atoms with Crippen LogP contribution in [0.1, 0.15) is 34.1 Å². The van der Waals surface area contributed by atoms with Crippen LogP contribution in [0.5, 0.6) is 0 Å². The molecule has 2 bridgehead atoms. The van der Waals surface area contributed by atoms with Crippen molar-refractivity contribution in [3.8, 4) is 0 Å². The molecule has 0 aromatic rings. The number of esters is 1. The number of hydrogen-bond donors (Lipinski definition) is 1. The van der Waals surface area contributed by atoms with Gasteiger partial charge in [-0.2, -0.15) is 0 Å². The second kappa shape index (κ2) is 10.5. The van der Waals surface area contributed by atoms with E-state index in [9.17, 15) is 14.4 Å². The first-order valence-corrected chi connectivity index (χ1v) is 15.4. The zero-order chi connectivity index (χ0) is 24.6. The zero-order valence-electron chi connectivity index (χ0n) is 20.5. The number of likely N-dealkylation sites (N-methyl/N-ethyl adjacent to an activating group) is 1. The van der Waals surface area contributed by atoms with Gasteiger partial charge in [-0.1, -0.05) is 0 Å². The third-order valence-electron chi connectivity index (χ3n) is 7.38. The Balaban J connectivity index is 2.22. The molecule has 0 spiro atoms. The number of fused-ring (bicyclic) bond motifs is 1. The number of rotatable bonds is 7. The fourth-order valence-corrected chi connectivity index (χ4v) is 10.8. The fourth-order valence-electron chi connectivity index (χ4n) is 5.58. The number of nitrogens with two attached hydrogens (primary N) is 1. The van der Waals surface area contributed by atoms with Crippen molar-refractivity contribution in [2.45, 2.75) is 50.2 Å². The van der Waals surface area contributed by atoms with Gasteiger partial charge in [-0.15, -0.1) is 0 Å². The topological polar surface area (TPSA) is 96.2 Å². The Kier molecular flexibility index (Phi) is 8.30. The van der Waals surface area contributed by atoms with E-state index in [-0.39, 0.29) is 22.2 Å². The molecule has 0 saturated carbocycles. The number of nitrogens with zero attached hydrogens (tertiary/aromatic N) is 3. The molecule has 182 valence electrons. The first-order valence-electron chi connectivity index (χ1n) is 11.8. The Bertz CT molecular complexity index is 873. The van der Waals surface area contributed by atoms with E-state index in [0.29, 0.717) is 15.4 Å². The number of hydrogen-bond acceptors (Lipinski definition) is 6. The van der Waals surface area contributed by atoms with Crippen LogP contribution >= 0.6 is 0 Å². The van der Waals surface area contributed by atoms with E-state index in [0.717, 1.165) is 25.3 Å². The second-order valence-corrected chi connectivity index (χ2v) is 14.3. The third-order valence-corrected chi connectivity index (χ3v) is 12.6. The molecule has 2 amide bonds. The van der Waals surface area contributed by atoms with E-state index in [4.69, 9.17) is 10.5 Å². The number of allylic oxidation sites excluding steroid dienone is 1. The van der Waals surface area contributed by atoms with Crippen molar-refractivity contribution in [1.29, 1.82) is 0 Å². The van der Waals surface area contributed by atoms with Gasteiger partial charge in [0.15, 0.2) is 0 Å². The molecular formula is C23H36FInN4O4. The Morgan fingerprint density at radius 1 is 1.24 bits per heavy atom. The van der Waals surface area contributed by atoms with Gasteiger partial charge in [-0.25, -0.2) is 0 Å². The van der Waals surface area contributed by atoms with Crippen molar-refractivity contribution in [2.24, 2.45) is 23.5 Å². The van der Waals surface area contributed by atoms with E-state index in [1.807, 2.05) is 13.8 Å². The van der Waals surface area contributed by atoms with Gasteiger partial charge in [0.2, 0.25) is 0 Å². The maximum absolute atomic E-state index is 15.3. The monoisotopic (exact) mass is 566 g/mol. The first kappa shape index (κ1) is 26.2. The van der Waals surface area contributed by atoms with Crippen LogP contribution in [0.25, 0.3) is 0 Å². The summed E-state index contributed by atoms with van der Waals surface area (Å²) in [5.74, 6) is -3.43. The van der Waals surface area contributed by atoms with E-state index in [1.165, 1.54) is 4.90 Å². The van der Waals surface area contributed by atoms with Crippen LogP contribution in [0, 0.1) is 17.8 Å². The van der Waals surface area contributed by atoms with Crippen LogP contribution in [-0.4, -0.2) is 115 Å². The molecule has 1 fully saturated rings. The summed E-state index contributed by atoms with van der Waals surface area (Å²) in [6.45, 7) is 11.2. The molecule has 33 heavy (non-hydrogen) atoms. The van der Waals surface area contributed by atoms with E-state index in [2.05, 4.69) is 23.6 Å².